The van der Waals surface area contributed by atoms with E-state index in [2.05, 4.69) is 13.5 Å². The summed E-state index contributed by atoms with van der Waals surface area (Å²) >= 11 is 0. The molecule has 72 valence electrons. The number of hydrogen-bond donors (Lipinski definition) is 1. The fraction of sp³-hybridized carbons (Fsp3) is 0.667. The van der Waals surface area contributed by atoms with Crippen LogP contribution in [0.2, 0.25) is 0 Å². The normalized spacial score (nSPS) is 34.8. The average Bonchev–Trinajstić information content (AvgIpc) is 2.27. The second kappa shape index (κ2) is 3.30. The van der Waals surface area contributed by atoms with Gasteiger partial charge in [-0.2, -0.15) is 0 Å². The second-order valence-electron chi connectivity index (χ2n) is 4.46. The Hall–Kier alpha value is -0.560. The van der Waals surface area contributed by atoms with Crippen LogP contribution in [-0.4, -0.2) is 11.2 Å². The molecule has 2 aliphatic rings. The number of rotatable bonds is 0. The summed E-state index contributed by atoms with van der Waals surface area (Å²) in [5.41, 5.74) is 4.48. The minimum absolute atomic E-state index is 0.0706. The highest BCUT2D eigenvalue weighted by Gasteiger charge is 2.29. The first-order valence-electron chi connectivity index (χ1n) is 5.22. The van der Waals surface area contributed by atoms with Crippen molar-refractivity contribution in [3.8, 4) is 0 Å². The van der Waals surface area contributed by atoms with Crippen molar-refractivity contribution in [1.29, 1.82) is 0 Å². The zero-order valence-corrected chi connectivity index (χ0v) is 8.34. The molecular formula is C12H18O. The molecular weight excluding hydrogens is 160 g/mol. The molecule has 0 bridgehead atoms. The molecule has 13 heavy (non-hydrogen) atoms. The van der Waals surface area contributed by atoms with Gasteiger partial charge in [0.1, 0.15) is 0 Å². The van der Waals surface area contributed by atoms with E-state index in [1.54, 1.807) is 5.57 Å². The molecule has 0 spiro atoms. The van der Waals surface area contributed by atoms with Gasteiger partial charge in [-0.25, -0.2) is 0 Å². The predicted molar refractivity (Wildman–Crippen MR) is 54.4 cm³/mol. The molecule has 0 aromatic carbocycles. The third-order valence-corrected chi connectivity index (χ3v) is 3.49. The van der Waals surface area contributed by atoms with E-state index in [0.717, 1.165) is 32.1 Å². The molecule has 1 fully saturated rings. The van der Waals surface area contributed by atoms with Crippen LogP contribution in [0.15, 0.2) is 23.3 Å². The van der Waals surface area contributed by atoms with Crippen LogP contribution in [0.1, 0.15) is 39.0 Å². The van der Waals surface area contributed by atoms with Gasteiger partial charge in [0, 0.05) is 5.92 Å². The Morgan fingerprint density at radius 1 is 1.31 bits per heavy atom. The van der Waals surface area contributed by atoms with Gasteiger partial charge in [0.05, 0.1) is 6.10 Å². The van der Waals surface area contributed by atoms with E-state index in [4.69, 9.17) is 0 Å². The molecule has 2 atom stereocenters. The average molecular weight is 178 g/mol. The van der Waals surface area contributed by atoms with Crippen molar-refractivity contribution in [2.75, 3.05) is 0 Å². The number of fused-ring (bicyclic) bond motifs is 1. The number of hydrogen-bond acceptors (Lipinski definition) is 1. The van der Waals surface area contributed by atoms with Crippen molar-refractivity contribution in [2.45, 2.75) is 45.1 Å². The van der Waals surface area contributed by atoms with Crippen molar-refractivity contribution >= 4 is 0 Å². The van der Waals surface area contributed by atoms with Gasteiger partial charge in [-0.1, -0.05) is 23.3 Å². The Bertz CT molecular complexity index is 262. The molecule has 0 heterocycles. The smallest absolute Gasteiger partial charge is 0.0543 e. The standard InChI is InChI=1S/C12H18O/c1-8-7-9(2)12-6-4-10(13)3-5-11(8)12/h10-11,13H,1,3-7H2,2H3. The van der Waals surface area contributed by atoms with Gasteiger partial charge in [0.15, 0.2) is 0 Å². The van der Waals surface area contributed by atoms with E-state index >= 15 is 0 Å². The van der Waals surface area contributed by atoms with Gasteiger partial charge in [-0.05, 0) is 39.0 Å². The summed E-state index contributed by atoms with van der Waals surface area (Å²) in [5.74, 6) is 0.608. The molecule has 0 saturated heterocycles. The summed E-state index contributed by atoms with van der Waals surface area (Å²) in [6.45, 7) is 6.35. The fourth-order valence-corrected chi connectivity index (χ4v) is 2.71. The Kier molecular flexibility index (Phi) is 2.29. The summed E-state index contributed by atoms with van der Waals surface area (Å²) in [6, 6.07) is 0. The number of aliphatic hydroxyl groups excluding tert-OH is 1. The monoisotopic (exact) mass is 178 g/mol. The molecule has 1 heteroatoms. The van der Waals surface area contributed by atoms with Crippen LogP contribution in [-0.2, 0) is 0 Å². The van der Waals surface area contributed by atoms with Crippen molar-refractivity contribution in [2.24, 2.45) is 5.92 Å². The largest absolute Gasteiger partial charge is 0.393 e. The first-order chi connectivity index (χ1) is 6.18. The van der Waals surface area contributed by atoms with Gasteiger partial charge in [0.25, 0.3) is 0 Å². The highest BCUT2D eigenvalue weighted by molar-refractivity contribution is 5.35. The van der Waals surface area contributed by atoms with Gasteiger partial charge in [-0.3, -0.25) is 0 Å². The van der Waals surface area contributed by atoms with E-state index in [1.165, 1.54) is 11.1 Å². The van der Waals surface area contributed by atoms with Crippen LogP contribution in [0.5, 0.6) is 0 Å². The maximum absolute atomic E-state index is 9.56. The molecule has 0 aliphatic heterocycles. The van der Waals surface area contributed by atoms with Crippen molar-refractivity contribution < 1.29 is 5.11 Å². The molecule has 0 aromatic heterocycles. The summed E-state index contributed by atoms with van der Waals surface area (Å²) in [4.78, 5) is 0. The van der Waals surface area contributed by atoms with Gasteiger partial charge in [0.2, 0.25) is 0 Å². The minimum atomic E-state index is -0.0706. The fourth-order valence-electron chi connectivity index (χ4n) is 2.71. The Labute approximate surface area is 80.2 Å². The van der Waals surface area contributed by atoms with E-state index in [0.29, 0.717) is 5.92 Å². The summed E-state index contributed by atoms with van der Waals surface area (Å²) < 4.78 is 0. The van der Waals surface area contributed by atoms with Crippen LogP contribution >= 0.6 is 0 Å². The van der Waals surface area contributed by atoms with E-state index in [9.17, 15) is 5.11 Å². The van der Waals surface area contributed by atoms with Crippen LogP contribution < -0.4 is 0 Å². The van der Waals surface area contributed by atoms with Crippen LogP contribution in [0.25, 0.3) is 0 Å². The molecule has 1 saturated carbocycles. The highest BCUT2D eigenvalue weighted by atomic mass is 16.3. The van der Waals surface area contributed by atoms with E-state index in [-0.39, 0.29) is 6.10 Å². The summed E-state index contributed by atoms with van der Waals surface area (Å²) in [7, 11) is 0. The van der Waals surface area contributed by atoms with Crippen molar-refractivity contribution in [3.05, 3.63) is 23.3 Å². The number of aliphatic hydroxyl groups is 1. The van der Waals surface area contributed by atoms with Gasteiger partial charge >= 0.3 is 0 Å². The Morgan fingerprint density at radius 3 is 2.85 bits per heavy atom. The zero-order chi connectivity index (χ0) is 9.42. The maximum Gasteiger partial charge on any atom is 0.0543 e. The Morgan fingerprint density at radius 2 is 2.08 bits per heavy atom. The topological polar surface area (TPSA) is 20.2 Å². The van der Waals surface area contributed by atoms with Crippen LogP contribution in [0.3, 0.4) is 0 Å². The zero-order valence-electron chi connectivity index (χ0n) is 8.34. The molecule has 0 amide bonds. The SMILES string of the molecule is C=C1CC(C)=C2CCC(O)CCC12. The summed E-state index contributed by atoms with van der Waals surface area (Å²) in [5, 5.41) is 9.56. The predicted octanol–water partition coefficient (Wildman–Crippen LogP) is 2.81. The van der Waals surface area contributed by atoms with E-state index in [1.807, 2.05) is 0 Å². The maximum atomic E-state index is 9.56. The first kappa shape index (κ1) is 9.01. The van der Waals surface area contributed by atoms with Crippen molar-refractivity contribution in [3.63, 3.8) is 0 Å². The molecule has 2 rings (SSSR count). The third kappa shape index (κ3) is 1.58. The summed E-state index contributed by atoms with van der Waals surface area (Å²) in [6.07, 6.45) is 5.16. The lowest BCUT2D eigenvalue weighted by Crippen LogP contribution is -2.04. The number of allylic oxidation sites excluding steroid dienone is 3. The van der Waals surface area contributed by atoms with Crippen LogP contribution in [0, 0.1) is 5.92 Å². The lowest BCUT2D eigenvalue weighted by Gasteiger charge is -2.12. The van der Waals surface area contributed by atoms with E-state index < -0.39 is 0 Å². The second-order valence-corrected chi connectivity index (χ2v) is 4.46. The van der Waals surface area contributed by atoms with Crippen molar-refractivity contribution in [1.82, 2.24) is 0 Å². The Balaban J connectivity index is 2.21. The highest BCUT2D eigenvalue weighted by Crippen LogP contribution is 2.43. The van der Waals surface area contributed by atoms with Crippen LogP contribution in [0.4, 0.5) is 0 Å². The quantitative estimate of drug-likeness (QED) is 0.565. The molecule has 1 N–H and O–H groups in total. The first-order valence-corrected chi connectivity index (χ1v) is 5.22. The molecule has 0 aromatic rings. The lowest BCUT2D eigenvalue weighted by atomic mass is 9.93. The van der Waals surface area contributed by atoms with Gasteiger partial charge < -0.3 is 5.11 Å². The molecule has 2 aliphatic carbocycles. The molecule has 0 radical (unpaired) electrons. The minimum Gasteiger partial charge on any atom is -0.393 e. The van der Waals surface area contributed by atoms with Gasteiger partial charge in [-0.15, -0.1) is 0 Å². The molecule has 1 nitrogen and oxygen atoms in total. The lowest BCUT2D eigenvalue weighted by molar-refractivity contribution is 0.156. The third-order valence-electron chi connectivity index (χ3n) is 3.49. The molecule has 2 unspecified atom stereocenters.